The van der Waals surface area contributed by atoms with Gasteiger partial charge in [-0.25, -0.2) is 0 Å². The number of rotatable bonds is 6. The third-order valence-electron chi connectivity index (χ3n) is 4.98. The molecule has 1 fully saturated rings. The van der Waals surface area contributed by atoms with Gasteiger partial charge in [0.1, 0.15) is 11.9 Å². The molecule has 1 saturated carbocycles. The van der Waals surface area contributed by atoms with Gasteiger partial charge in [0.05, 0.1) is 6.20 Å². The van der Waals surface area contributed by atoms with Crippen molar-refractivity contribution in [2.45, 2.75) is 45.1 Å². The Bertz CT molecular complexity index is 715. The Balaban J connectivity index is 1.67. The summed E-state index contributed by atoms with van der Waals surface area (Å²) in [5, 5.41) is 12.2. The van der Waals surface area contributed by atoms with Crippen molar-refractivity contribution in [2.75, 3.05) is 5.32 Å². The van der Waals surface area contributed by atoms with Crippen molar-refractivity contribution in [3.8, 4) is 0 Å². The average Bonchev–Trinajstić information content (AvgIpc) is 3.13. The van der Waals surface area contributed by atoms with Gasteiger partial charge < -0.3 is 10.6 Å². The number of amides is 2. The first-order valence-electron chi connectivity index (χ1n) is 9.26. The first kappa shape index (κ1) is 18.2. The number of aromatic nitrogens is 2. The molecule has 26 heavy (non-hydrogen) atoms. The fourth-order valence-corrected chi connectivity index (χ4v) is 3.70. The SMILES string of the molecule is CC1CCCC(CC(=O)NC(C(=O)Nc2ccn[nH]2)c2ccccc2)C1. The average molecular weight is 354 g/mol. The molecule has 0 aliphatic heterocycles. The first-order valence-corrected chi connectivity index (χ1v) is 9.26. The Morgan fingerprint density at radius 2 is 2.04 bits per heavy atom. The minimum atomic E-state index is -0.729. The highest BCUT2D eigenvalue weighted by Crippen LogP contribution is 2.30. The molecular formula is C20H26N4O2. The normalized spacial score (nSPS) is 21.0. The van der Waals surface area contributed by atoms with E-state index in [-0.39, 0.29) is 11.8 Å². The summed E-state index contributed by atoms with van der Waals surface area (Å²) in [6.07, 6.45) is 6.65. The van der Waals surface area contributed by atoms with E-state index in [0.717, 1.165) is 18.4 Å². The van der Waals surface area contributed by atoms with Crippen LogP contribution in [0.3, 0.4) is 0 Å². The predicted octanol–water partition coefficient (Wildman–Crippen LogP) is 3.42. The van der Waals surface area contributed by atoms with Crippen molar-refractivity contribution in [2.24, 2.45) is 11.8 Å². The van der Waals surface area contributed by atoms with E-state index in [1.54, 1.807) is 12.3 Å². The molecule has 2 aromatic rings. The number of aromatic amines is 1. The molecule has 1 aliphatic carbocycles. The molecule has 1 heterocycles. The van der Waals surface area contributed by atoms with E-state index in [9.17, 15) is 9.59 Å². The number of carbonyl (C=O) groups is 2. The van der Waals surface area contributed by atoms with E-state index in [2.05, 4.69) is 27.8 Å². The quantitative estimate of drug-likeness (QED) is 0.743. The highest BCUT2D eigenvalue weighted by atomic mass is 16.2. The van der Waals surface area contributed by atoms with Crippen LogP contribution in [0.2, 0.25) is 0 Å². The molecule has 6 heteroatoms. The monoisotopic (exact) mass is 354 g/mol. The number of H-pyrrole nitrogens is 1. The van der Waals surface area contributed by atoms with Gasteiger partial charge in [0.2, 0.25) is 5.91 Å². The summed E-state index contributed by atoms with van der Waals surface area (Å²) in [5.74, 6) is 1.23. The zero-order chi connectivity index (χ0) is 18.4. The molecule has 3 N–H and O–H groups in total. The highest BCUT2D eigenvalue weighted by Gasteiger charge is 2.26. The van der Waals surface area contributed by atoms with E-state index in [0.29, 0.717) is 24.1 Å². The number of carbonyl (C=O) groups excluding carboxylic acids is 2. The zero-order valence-electron chi connectivity index (χ0n) is 15.1. The summed E-state index contributed by atoms with van der Waals surface area (Å²) in [6.45, 7) is 2.24. The number of hydrogen-bond donors (Lipinski definition) is 3. The fraction of sp³-hybridized carbons (Fsp3) is 0.450. The van der Waals surface area contributed by atoms with Gasteiger partial charge in [-0.2, -0.15) is 5.10 Å². The molecule has 0 radical (unpaired) electrons. The van der Waals surface area contributed by atoms with Gasteiger partial charge >= 0.3 is 0 Å². The Kier molecular flexibility index (Phi) is 6.04. The van der Waals surface area contributed by atoms with E-state index in [1.807, 2.05) is 30.3 Å². The summed E-state index contributed by atoms with van der Waals surface area (Å²) in [5.41, 5.74) is 0.759. The molecule has 138 valence electrons. The van der Waals surface area contributed by atoms with Gasteiger partial charge in [0, 0.05) is 12.5 Å². The molecule has 3 unspecified atom stereocenters. The van der Waals surface area contributed by atoms with Crippen molar-refractivity contribution in [1.29, 1.82) is 0 Å². The maximum Gasteiger partial charge on any atom is 0.252 e. The highest BCUT2D eigenvalue weighted by molar-refractivity contribution is 5.97. The molecule has 2 amide bonds. The number of hydrogen-bond acceptors (Lipinski definition) is 3. The van der Waals surface area contributed by atoms with Gasteiger partial charge in [-0.3, -0.25) is 14.7 Å². The van der Waals surface area contributed by atoms with Crippen LogP contribution in [-0.4, -0.2) is 22.0 Å². The van der Waals surface area contributed by atoms with Crippen LogP contribution in [0.1, 0.15) is 50.6 Å². The van der Waals surface area contributed by atoms with E-state index >= 15 is 0 Å². The van der Waals surface area contributed by atoms with E-state index in [4.69, 9.17) is 0 Å². The predicted molar refractivity (Wildman–Crippen MR) is 100 cm³/mol. The van der Waals surface area contributed by atoms with Crippen LogP contribution in [-0.2, 0) is 9.59 Å². The summed E-state index contributed by atoms with van der Waals surface area (Å²) in [7, 11) is 0. The summed E-state index contributed by atoms with van der Waals surface area (Å²) < 4.78 is 0. The maximum absolute atomic E-state index is 12.7. The van der Waals surface area contributed by atoms with Crippen LogP contribution in [0.25, 0.3) is 0 Å². The lowest BCUT2D eigenvalue weighted by atomic mass is 9.80. The maximum atomic E-state index is 12.7. The van der Waals surface area contributed by atoms with Crippen LogP contribution in [0, 0.1) is 11.8 Å². The number of nitrogens with one attached hydrogen (secondary N) is 3. The van der Waals surface area contributed by atoms with Crippen LogP contribution in [0.4, 0.5) is 5.82 Å². The third kappa shape index (κ3) is 4.94. The molecule has 3 atom stereocenters. The second kappa shape index (κ2) is 8.65. The van der Waals surface area contributed by atoms with Crippen LogP contribution >= 0.6 is 0 Å². The lowest BCUT2D eigenvalue weighted by Gasteiger charge is -2.27. The van der Waals surface area contributed by atoms with Crippen molar-refractivity contribution in [1.82, 2.24) is 15.5 Å². The number of anilines is 1. The zero-order valence-corrected chi connectivity index (χ0v) is 15.1. The molecule has 1 aromatic heterocycles. The van der Waals surface area contributed by atoms with Crippen LogP contribution in [0.15, 0.2) is 42.6 Å². The van der Waals surface area contributed by atoms with Gasteiger partial charge in [-0.05, 0) is 30.2 Å². The number of nitrogens with zero attached hydrogens (tertiary/aromatic N) is 1. The molecule has 0 saturated heterocycles. The lowest BCUT2D eigenvalue weighted by molar-refractivity contribution is -0.127. The van der Waals surface area contributed by atoms with Crippen molar-refractivity contribution >= 4 is 17.6 Å². The smallest absolute Gasteiger partial charge is 0.252 e. The second-order valence-corrected chi connectivity index (χ2v) is 7.21. The second-order valence-electron chi connectivity index (χ2n) is 7.21. The standard InChI is InChI=1S/C20H26N4O2/c1-14-6-5-7-15(12-14)13-18(25)23-19(16-8-3-2-4-9-16)20(26)22-17-10-11-21-24-17/h2-4,8-11,14-15,19H,5-7,12-13H2,1H3,(H,23,25)(H2,21,22,24,26). The Morgan fingerprint density at radius 3 is 2.73 bits per heavy atom. The van der Waals surface area contributed by atoms with E-state index in [1.165, 1.54) is 12.8 Å². The fourth-order valence-electron chi connectivity index (χ4n) is 3.70. The summed E-state index contributed by atoms with van der Waals surface area (Å²) in [4.78, 5) is 25.3. The number of benzene rings is 1. The van der Waals surface area contributed by atoms with Gasteiger partial charge in [0.25, 0.3) is 5.91 Å². The topological polar surface area (TPSA) is 86.9 Å². The largest absolute Gasteiger partial charge is 0.341 e. The molecule has 1 aromatic carbocycles. The molecule has 3 rings (SSSR count). The molecule has 1 aliphatic rings. The molecule has 6 nitrogen and oxygen atoms in total. The van der Waals surface area contributed by atoms with Crippen LogP contribution in [0.5, 0.6) is 0 Å². The third-order valence-corrected chi connectivity index (χ3v) is 4.98. The van der Waals surface area contributed by atoms with Gasteiger partial charge in [-0.15, -0.1) is 0 Å². The summed E-state index contributed by atoms with van der Waals surface area (Å²) in [6, 6.07) is 10.2. The van der Waals surface area contributed by atoms with Crippen molar-refractivity contribution in [3.63, 3.8) is 0 Å². The lowest BCUT2D eigenvalue weighted by Crippen LogP contribution is -2.38. The van der Waals surface area contributed by atoms with E-state index < -0.39 is 6.04 Å². The molecule has 0 bridgehead atoms. The Morgan fingerprint density at radius 1 is 1.23 bits per heavy atom. The molecule has 0 spiro atoms. The minimum absolute atomic E-state index is 0.0716. The van der Waals surface area contributed by atoms with Gasteiger partial charge in [0.15, 0.2) is 0 Å². The van der Waals surface area contributed by atoms with Crippen molar-refractivity contribution < 1.29 is 9.59 Å². The summed E-state index contributed by atoms with van der Waals surface area (Å²) >= 11 is 0. The minimum Gasteiger partial charge on any atom is -0.341 e. The first-order chi connectivity index (χ1) is 12.6. The Labute approximate surface area is 153 Å². The van der Waals surface area contributed by atoms with Crippen molar-refractivity contribution in [3.05, 3.63) is 48.2 Å². The Hall–Kier alpha value is -2.63. The molecular weight excluding hydrogens is 328 g/mol. The van der Waals surface area contributed by atoms with Crippen LogP contribution < -0.4 is 10.6 Å². The van der Waals surface area contributed by atoms with Gasteiger partial charge in [-0.1, -0.05) is 50.1 Å².